The van der Waals surface area contributed by atoms with Crippen molar-refractivity contribution < 1.29 is 13.2 Å². The molecule has 0 N–H and O–H groups in total. The van der Waals surface area contributed by atoms with Crippen LogP contribution in [0.25, 0.3) is 0 Å². The summed E-state index contributed by atoms with van der Waals surface area (Å²) >= 11 is 11.8. The molecule has 0 fully saturated rings. The van der Waals surface area contributed by atoms with Gasteiger partial charge in [0.15, 0.2) is 0 Å². The monoisotopic (exact) mass is 304 g/mol. The Labute approximate surface area is 118 Å². The van der Waals surface area contributed by atoms with E-state index >= 15 is 0 Å². The van der Waals surface area contributed by atoms with Crippen LogP contribution in [0, 0.1) is 17.5 Å². The normalized spacial score (nSPS) is 12.5. The molecule has 19 heavy (non-hydrogen) atoms. The zero-order valence-corrected chi connectivity index (χ0v) is 11.2. The molecule has 0 aromatic heterocycles. The highest BCUT2D eigenvalue weighted by Crippen LogP contribution is 2.30. The molecule has 0 heterocycles. The predicted molar refractivity (Wildman–Crippen MR) is 70.1 cm³/mol. The van der Waals surface area contributed by atoms with Crippen molar-refractivity contribution in [1.29, 1.82) is 0 Å². The van der Waals surface area contributed by atoms with E-state index in [0.717, 1.165) is 12.1 Å². The van der Waals surface area contributed by atoms with E-state index in [2.05, 4.69) is 0 Å². The third-order valence-electron chi connectivity index (χ3n) is 2.74. The lowest BCUT2D eigenvalue weighted by atomic mass is 10.0. The second kappa shape index (κ2) is 5.85. The fraction of sp³-hybridized carbons (Fsp3) is 0.143. The summed E-state index contributed by atoms with van der Waals surface area (Å²) in [7, 11) is 0. The number of rotatable bonds is 3. The second-order valence-electron chi connectivity index (χ2n) is 4.04. The Balaban J connectivity index is 2.31. The third kappa shape index (κ3) is 3.23. The molecule has 100 valence electrons. The van der Waals surface area contributed by atoms with E-state index in [0.29, 0.717) is 5.02 Å². The van der Waals surface area contributed by atoms with Crippen LogP contribution >= 0.6 is 23.2 Å². The van der Waals surface area contributed by atoms with E-state index in [9.17, 15) is 13.2 Å². The lowest BCUT2D eigenvalue weighted by Crippen LogP contribution is -2.03. The molecule has 0 spiro atoms. The molecule has 0 aliphatic rings. The topological polar surface area (TPSA) is 0 Å². The van der Waals surface area contributed by atoms with Crippen LogP contribution in [0.5, 0.6) is 0 Å². The van der Waals surface area contributed by atoms with Gasteiger partial charge in [-0.05, 0) is 36.8 Å². The summed E-state index contributed by atoms with van der Waals surface area (Å²) in [5.41, 5.74) is -0.0429. The van der Waals surface area contributed by atoms with Crippen LogP contribution < -0.4 is 0 Å². The van der Waals surface area contributed by atoms with Gasteiger partial charge < -0.3 is 0 Å². The molecular weight excluding hydrogens is 296 g/mol. The molecule has 0 aliphatic carbocycles. The minimum Gasteiger partial charge on any atom is -0.207 e. The van der Waals surface area contributed by atoms with Crippen LogP contribution in [-0.4, -0.2) is 0 Å². The van der Waals surface area contributed by atoms with Gasteiger partial charge in [0.2, 0.25) is 0 Å². The molecule has 1 unspecified atom stereocenters. The van der Waals surface area contributed by atoms with Crippen LogP contribution in [0.3, 0.4) is 0 Å². The first kappa shape index (κ1) is 14.2. The van der Waals surface area contributed by atoms with E-state index in [1.165, 1.54) is 24.3 Å². The molecule has 2 aromatic carbocycles. The summed E-state index contributed by atoms with van der Waals surface area (Å²) in [4.78, 5) is 0. The lowest BCUT2D eigenvalue weighted by molar-refractivity contribution is 0.548. The summed E-state index contributed by atoms with van der Waals surface area (Å²) in [6.45, 7) is 0. The van der Waals surface area contributed by atoms with Gasteiger partial charge in [0, 0.05) is 16.1 Å². The molecule has 2 rings (SSSR count). The van der Waals surface area contributed by atoms with Gasteiger partial charge in [-0.25, -0.2) is 13.2 Å². The summed E-state index contributed by atoms with van der Waals surface area (Å²) in [5.74, 6) is -1.96. The summed E-state index contributed by atoms with van der Waals surface area (Å²) in [6, 6.07) is 7.44. The van der Waals surface area contributed by atoms with E-state index < -0.39 is 22.8 Å². The molecule has 0 saturated carbocycles. The Hall–Kier alpha value is -1.19. The zero-order chi connectivity index (χ0) is 14.0. The number of hydrogen-bond acceptors (Lipinski definition) is 0. The quantitative estimate of drug-likeness (QED) is 0.677. The molecule has 0 bridgehead atoms. The molecule has 5 heteroatoms. The van der Waals surface area contributed by atoms with Crippen LogP contribution in [0.2, 0.25) is 5.02 Å². The molecule has 0 aliphatic heterocycles. The van der Waals surface area contributed by atoms with Gasteiger partial charge in [-0.1, -0.05) is 17.7 Å². The highest BCUT2D eigenvalue weighted by molar-refractivity contribution is 6.30. The van der Waals surface area contributed by atoms with Crippen LogP contribution in [0.4, 0.5) is 13.2 Å². The standard InChI is InChI=1S/C14H9Cl2F3/c15-8-4-5-14(19)9(6-8)11(16)7-10-12(17)2-1-3-13(10)18/h1-6,11H,7H2. The maximum absolute atomic E-state index is 13.6. The maximum atomic E-state index is 13.6. The second-order valence-corrected chi connectivity index (χ2v) is 5.00. The zero-order valence-electron chi connectivity index (χ0n) is 9.64. The van der Waals surface area contributed by atoms with Crippen molar-refractivity contribution in [1.82, 2.24) is 0 Å². The van der Waals surface area contributed by atoms with Crippen molar-refractivity contribution in [2.24, 2.45) is 0 Å². The molecule has 0 nitrogen and oxygen atoms in total. The number of halogens is 5. The van der Waals surface area contributed by atoms with Gasteiger partial charge in [-0.15, -0.1) is 11.6 Å². The molecule has 0 saturated heterocycles. The number of benzene rings is 2. The van der Waals surface area contributed by atoms with Gasteiger partial charge in [0.1, 0.15) is 17.5 Å². The summed E-state index contributed by atoms with van der Waals surface area (Å²) in [5, 5.41) is -0.582. The highest BCUT2D eigenvalue weighted by Gasteiger charge is 2.18. The van der Waals surface area contributed by atoms with Crippen LogP contribution in [-0.2, 0) is 6.42 Å². The van der Waals surface area contributed by atoms with Gasteiger partial charge in [0.25, 0.3) is 0 Å². The molecule has 2 aromatic rings. The van der Waals surface area contributed by atoms with Crippen LogP contribution in [0.15, 0.2) is 36.4 Å². The maximum Gasteiger partial charge on any atom is 0.129 e. The van der Waals surface area contributed by atoms with Gasteiger partial charge >= 0.3 is 0 Å². The fourth-order valence-electron chi connectivity index (χ4n) is 1.77. The van der Waals surface area contributed by atoms with E-state index in [1.807, 2.05) is 0 Å². The molecule has 1 atom stereocenters. The van der Waals surface area contributed by atoms with Crippen molar-refractivity contribution >= 4 is 23.2 Å². The SMILES string of the molecule is Fc1ccc(Cl)cc1C(Cl)Cc1c(F)cccc1F. The Morgan fingerprint density at radius 3 is 2.21 bits per heavy atom. The Morgan fingerprint density at radius 1 is 0.947 bits per heavy atom. The first-order chi connectivity index (χ1) is 8.99. The fourth-order valence-corrected chi connectivity index (χ4v) is 2.27. The van der Waals surface area contributed by atoms with Crippen molar-refractivity contribution in [3.63, 3.8) is 0 Å². The molecule has 0 amide bonds. The van der Waals surface area contributed by atoms with Gasteiger partial charge in [0.05, 0.1) is 5.38 Å². The third-order valence-corrected chi connectivity index (χ3v) is 3.37. The minimum absolute atomic E-state index is 0.122. The predicted octanol–water partition coefficient (Wildman–Crippen LogP) is 5.28. The molecular formula is C14H9Cl2F3. The van der Waals surface area contributed by atoms with Crippen molar-refractivity contribution in [2.45, 2.75) is 11.8 Å². The minimum atomic E-state index is -0.898. The Kier molecular flexibility index (Phi) is 4.38. The first-order valence-electron chi connectivity index (χ1n) is 5.51. The van der Waals surface area contributed by atoms with Crippen molar-refractivity contribution in [3.8, 4) is 0 Å². The van der Waals surface area contributed by atoms with Crippen LogP contribution in [0.1, 0.15) is 16.5 Å². The average molecular weight is 305 g/mol. The van der Waals surface area contributed by atoms with Gasteiger partial charge in [-0.3, -0.25) is 0 Å². The highest BCUT2D eigenvalue weighted by atomic mass is 35.5. The van der Waals surface area contributed by atoms with E-state index in [-0.39, 0.29) is 17.5 Å². The average Bonchev–Trinajstić information content (AvgIpc) is 2.37. The Bertz CT molecular complexity index is 579. The Morgan fingerprint density at radius 2 is 1.58 bits per heavy atom. The van der Waals surface area contributed by atoms with Gasteiger partial charge in [-0.2, -0.15) is 0 Å². The van der Waals surface area contributed by atoms with Crippen molar-refractivity contribution in [3.05, 3.63) is 70.0 Å². The summed E-state index contributed by atoms with van der Waals surface area (Å²) in [6.07, 6.45) is -0.155. The lowest BCUT2D eigenvalue weighted by Gasteiger charge is -2.12. The first-order valence-corrected chi connectivity index (χ1v) is 6.32. The summed E-state index contributed by atoms with van der Waals surface area (Å²) < 4.78 is 40.6. The largest absolute Gasteiger partial charge is 0.207 e. The van der Waals surface area contributed by atoms with E-state index in [4.69, 9.17) is 23.2 Å². The smallest absolute Gasteiger partial charge is 0.129 e. The number of hydrogen-bond donors (Lipinski definition) is 0. The number of alkyl halides is 1. The van der Waals surface area contributed by atoms with Crippen molar-refractivity contribution in [2.75, 3.05) is 0 Å². The molecule has 0 radical (unpaired) electrons. The van der Waals surface area contributed by atoms with E-state index in [1.54, 1.807) is 0 Å².